The van der Waals surface area contributed by atoms with Crippen molar-refractivity contribution >= 4 is 11.4 Å². The Morgan fingerprint density at radius 3 is 1.35 bits per heavy atom. The molecule has 0 spiro atoms. The van der Waals surface area contributed by atoms with Gasteiger partial charge in [-0.1, -0.05) is 94.9 Å². The van der Waals surface area contributed by atoms with Gasteiger partial charge < -0.3 is 0 Å². The van der Waals surface area contributed by atoms with Gasteiger partial charge in [-0.05, 0) is 6.42 Å². The average molecular weight is 306 g/mol. The van der Waals surface area contributed by atoms with Crippen LogP contribution < -0.4 is 0 Å². The van der Waals surface area contributed by atoms with Crippen LogP contribution in [0.15, 0.2) is 0 Å². The van der Waals surface area contributed by atoms with Gasteiger partial charge in [0.05, 0.1) is 6.61 Å². The summed E-state index contributed by atoms with van der Waals surface area (Å²) in [5.74, 6) is 0. The van der Waals surface area contributed by atoms with Crippen LogP contribution in [-0.4, -0.2) is 10.8 Å². The highest BCUT2D eigenvalue weighted by atomic mass is 32.2. The molecule has 20 heavy (non-hydrogen) atoms. The van der Waals surface area contributed by atoms with Crippen LogP contribution in [0.5, 0.6) is 0 Å². The summed E-state index contributed by atoms with van der Waals surface area (Å²) in [5, 5.41) is 0. The second-order valence-corrected chi connectivity index (χ2v) is 6.27. The first-order valence-corrected chi connectivity index (χ1v) is 9.50. The maximum absolute atomic E-state index is 10.1. The molecule has 121 valence electrons. The predicted octanol–water partition coefficient (Wildman–Crippen LogP) is 5.49. The van der Waals surface area contributed by atoms with Crippen LogP contribution in [0.2, 0.25) is 0 Å². The van der Waals surface area contributed by atoms with E-state index in [1.165, 1.54) is 77.0 Å². The summed E-state index contributed by atoms with van der Waals surface area (Å²) in [7, 11) is 0. The molecule has 0 saturated carbocycles. The lowest BCUT2D eigenvalue weighted by Gasteiger charge is -2.03. The third kappa shape index (κ3) is 18.1. The molecule has 0 N–H and O–H groups in total. The Bertz CT molecular complexity index is 210. The van der Waals surface area contributed by atoms with E-state index in [0.29, 0.717) is 6.61 Å². The summed E-state index contributed by atoms with van der Waals surface area (Å²) in [5.41, 5.74) is 0. The van der Waals surface area contributed by atoms with E-state index >= 15 is 0 Å². The van der Waals surface area contributed by atoms with Gasteiger partial charge >= 0.3 is 11.4 Å². The van der Waals surface area contributed by atoms with E-state index < -0.39 is 11.4 Å². The van der Waals surface area contributed by atoms with Gasteiger partial charge in [-0.2, -0.15) is 4.21 Å². The molecule has 0 bridgehead atoms. The van der Waals surface area contributed by atoms with Crippen molar-refractivity contribution in [2.24, 2.45) is 0 Å². The summed E-state index contributed by atoms with van der Waals surface area (Å²) in [6.07, 6.45) is 18.3. The van der Waals surface area contributed by atoms with E-state index in [1.807, 2.05) is 0 Å². The zero-order chi connectivity index (χ0) is 14.9. The molecule has 4 heteroatoms. The van der Waals surface area contributed by atoms with E-state index in [0.717, 1.165) is 12.8 Å². The Kier molecular flexibility index (Phi) is 17.2. The fourth-order valence-corrected chi connectivity index (χ4v) is 2.68. The third-order valence-electron chi connectivity index (χ3n) is 3.68. The van der Waals surface area contributed by atoms with Crippen LogP contribution in [0.25, 0.3) is 0 Å². The Morgan fingerprint density at radius 2 is 1.00 bits per heavy atom. The van der Waals surface area contributed by atoms with Gasteiger partial charge in [-0.15, -0.1) is 0 Å². The van der Waals surface area contributed by atoms with Gasteiger partial charge in [0.15, 0.2) is 0 Å². The SMILES string of the molecule is CCCCCCCCCCCCCCCCOS([O])=O. The molecule has 0 aliphatic carbocycles. The van der Waals surface area contributed by atoms with E-state index in [9.17, 15) is 8.76 Å². The minimum absolute atomic E-state index is 0.341. The Morgan fingerprint density at radius 1 is 0.650 bits per heavy atom. The molecule has 0 aliphatic heterocycles. The minimum atomic E-state index is -2.33. The van der Waals surface area contributed by atoms with Crippen molar-refractivity contribution in [3.63, 3.8) is 0 Å². The summed E-state index contributed by atoms with van der Waals surface area (Å²) < 4.78 is 24.7. The Balaban J connectivity index is 2.94. The summed E-state index contributed by atoms with van der Waals surface area (Å²) in [4.78, 5) is 0. The Hall–Kier alpha value is 0.0700. The number of rotatable bonds is 16. The lowest BCUT2D eigenvalue weighted by Crippen LogP contribution is -1.95. The Labute approximate surface area is 128 Å². The molecule has 0 aliphatic rings. The highest BCUT2D eigenvalue weighted by Crippen LogP contribution is 2.12. The summed E-state index contributed by atoms with van der Waals surface area (Å²) >= 11 is -2.33. The molecule has 0 aromatic rings. The second kappa shape index (κ2) is 17.1. The van der Waals surface area contributed by atoms with Gasteiger partial charge in [0, 0.05) is 0 Å². The fraction of sp³-hybridized carbons (Fsp3) is 1.00. The van der Waals surface area contributed by atoms with Crippen LogP contribution in [0.4, 0.5) is 0 Å². The summed E-state index contributed by atoms with van der Waals surface area (Å²) in [6, 6.07) is 0. The minimum Gasteiger partial charge on any atom is -0.267 e. The maximum Gasteiger partial charge on any atom is 0.334 e. The molecular formula is C16H33O3S. The van der Waals surface area contributed by atoms with Crippen molar-refractivity contribution < 1.29 is 12.9 Å². The molecule has 3 nitrogen and oxygen atoms in total. The molecule has 0 rings (SSSR count). The number of unbranched alkanes of at least 4 members (excludes halogenated alkanes) is 13. The van der Waals surface area contributed by atoms with Crippen molar-refractivity contribution in [1.29, 1.82) is 0 Å². The quantitative estimate of drug-likeness (QED) is 0.354. The van der Waals surface area contributed by atoms with Crippen LogP contribution in [0, 0.1) is 0 Å². The van der Waals surface area contributed by atoms with Crippen LogP contribution >= 0.6 is 0 Å². The molecule has 0 amide bonds. The van der Waals surface area contributed by atoms with Gasteiger partial charge in [-0.25, -0.2) is 0 Å². The average Bonchev–Trinajstić information content (AvgIpc) is 2.43. The number of hydrogen-bond acceptors (Lipinski definition) is 2. The zero-order valence-electron chi connectivity index (χ0n) is 13.2. The van der Waals surface area contributed by atoms with Gasteiger partial charge in [-0.3, -0.25) is 4.18 Å². The number of hydrogen-bond donors (Lipinski definition) is 0. The van der Waals surface area contributed by atoms with Crippen molar-refractivity contribution in [2.45, 2.75) is 96.8 Å². The topological polar surface area (TPSA) is 46.2 Å². The standard InChI is InChI=1S/C16H33O3S/c1-2-3-4-5-6-7-8-9-10-11-12-13-14-15-16-19-20(17)18/h2-16H2,1H3. The van der Waals surface area contributed by atoms with Gasteiger partial charge in [0.1, 0.15) is 0 Å². The molecule has 1 radical (unpaired) electrons. The normalized spacial score (nSPS) is 12.7. The molecular weight excluding hydrogens is 272 g/mol. The van der Waals surface area contributed by atoms with Crippen molar-refractivity contribution in [2.75, 3.05) is 6.61 Å². The van der Waals surface area contributed by atoms with E-state index in [4.69, 9.17) is 0 Å². The third-order valence-corrected chi connectivity index (χ3v) is 4.04. The zero-order valence-corrected chi connectivity index (χ0v) is 14.1. The molecule has 0 fully saturated rings. The second-order valence-electron chi connectivity index (χ2n) is 5.62. The maximum atomic E-state index is 10.1. The van der Waals surface area contributed by atoms with Gasteiger partial charge in [0.2, 0.25) is 0 Å². The van der Waals surface area contributed by atoms with Crippen LogP contribution in [0.1, 0.15) is 96.8 Å². The molecule has 0 aromatic carbocycles. The first-order valence-electron chi connectivity index (χ1n) is 8.50. The molecule has 1 unspecified atom stereocenters. The highest BCUT2D eigenvalue weighted by molar-refractivity contribution is 7.73. The molecule has 0 aromatic heterocycles. The monoisotopic (exact) mass is 305 g/mol. The largest absolute Gasteiger partial charge is 0.334 e. The van der Waals surface area contributed by atoms with Crippen LogP contribution in [0.3, 0.4) is 0 Å². The van der Waals surface area contributed by atoms with Gasteiger partial charge in [0.25, 0.3) is 0 Å². The first-order chi connectivity index (χ1) is 9.77. The fourth-order valence-electron chi connectivity index (χ4n) is 2.42. The van der Waals surface area contributed by atoms with Crippen molar-refractivity contribution in [3.8, 4) is 0 Å². The lowest BCUT2D eigenvalue weighted by molar-refractivity contribution is 0.275. The molecule has 0 heterocycles. The van der Waals surface area contributed by atoms with E-state index in [-0.39, 0.29) is 0 Å². The van der Waals surface area contributed by atoms with Crippen LogP contribution in [-0.2, 0) is 20.1 Å². The van der Waals surface area contributed by atoms with E-state index in [2.05, 4.69) is 11.1 Å². The summed E-state index contributed by atoms with van der Waals surface area (Å²) in [6.45, 7) is 2.60. The molecule has 0 saturated heterocycles. The first kappa shape index (κ1) is 20.1. The predicted molar refractivity (Wildman–Crippen MR) is 85.1 cm³/mol. The van der Waals surface area contributed by atoms with E-state index in [1.54, 1.807) is 0 Å². The van der Waals surface area contributed by atoms with Crippen molar-refractivity contribution in [3.05, 3.63) is 0 Å². The smallest absolute Gasteiger partial charge is 0.267 e. The molecule has 1 atom stereocenters. The lowest BCUT2D eigenvalue weighted by atomic mass is 10.0. The van der Waals surface area contributed by atoms with Crippen molar-refractivity contribution in [1.82, 2.24) is 0 Å². The highest BCUT2D eigenvalue weighted by Gasteiger charge is 1.96.